The molecule has 1 nitrogen and oxygen atoms in total. The van der Waals surface area contributed by atoms with Crippen molar-refractivity contribution in [3.63, 3.8) is 0 Å². The molecule has 0 aromatic heterocycles. The van der Waals surface area contributed by atoms with E-state index in [1.807, 2.05) is 0 Å². The van der Waals surface area contributed by atoms with Crippen LogP contribution in [0.15, 0.2) is 24.3 Å². The normalized spacial score (nSPS) is 11.4. The van der Waals surface area contributed by atoms with Gasteiger partial charge in [0.2, 0.25) is 0 Å². The highest BCUT2D eigenvalue weighted by Gasteiger charge is 2.17. The number of aryl methyl sites for hydroxylation is 1. The number of rotatable bonds is 18. The smallest absolute Gasteiger partial charge is 0.132 e. The van der Waals surface area contributed by atoms with Crippen molar-refractivity contribution in [3.8, 4) is 0 Å². The van der Waals surface area contributed by atoms with Crippen molar-refractivity contribution in [1.29, 1.82) is 0 Å². The van der Waals surface area contributed by atoms with Crippen LogP contribution in [0.2, 0.25) is 0 Å². The van der Waals surface area contributed by atoms with Gasteiger partial charge in [0, 0.05) is 0 Å². The number of hydrogen-bond donors (Lipinski definition) is 0. The summed E-state index contributed by atoms with van der Waals surface area (Å²) in [5.41, 5.74) is 2.79. The minimum absolute atomic E-state index is 0. The predicted molar refractivity (Wildman–Crippen MR) is 129 cm³/mol. The maximum absolute atomic E-state index is 2.34. The number of quaternary nitrogens is 1. The van der Waals surface area contributed by atoms with E-state index < -0.39 is 0 Å². The summed E-state index contributed by atoms with van der Waals surface area (Å²) in [6, 6.07) is 9.06. The van der Waals surface area contributed by atoms with Crippen LogP contribution in [0, 0.1) is 6.92 Å². The first-order valence-corrected chi connectivity index (χ1v) is 12.5. The van der Waals surface area contributed by atoms with Gasteiger partial charge in [0.15, 0.2) is 0 Å². The molecule has 0 aliphatic rings. The number of unbranched alkanes of at least 4 members (excludes halogenated alkanes) is 15. The lowest BCUT2D eigenvalue weighted by Crippen LogP contribution is -3.00. The molecule has 0 aliphatic heterocycles. The zero-order valence-corrected chi connectivity index (χ0v) is 20.9. The van der Waals surface area contributed by atoms with Crippen LogP contribution in [-0.4, -0.2) is 20.6 Å². The van der Waals surface area contributed by atoms with Crippen molar-refractivity contribution in [2.45, 2.75) is 117 Å². The minimum Gasteiger partial charge on any atom is -1.00 e. The highest BCUT2D eigenvalue weighted by Crippen LogP contribution is 2.21. The van der Waals surface area contributed by atoms with Gasteiger partial charge in [-0.2, -0.15) is 0 Å². The summed E-state index contributed by atoms with van der Waals surface area (Å²) in [6.07, 6.45) is 23.1. The maximum atomic E-state index is 2.34. The minimum atomic E-state index is 0. The van der Waals surface area contributed by atoms with E-state index in [0.29, 0.717) is 0 Å². The summed E-state index contributed by atoms with van der Waals surface area (Å²) < 4.78 is 1.01. The van der Waals surface area contributed by atoms with Crippen molar-refractivity contribution >= 4 is 5.69 Å². The fourth-order valence-corrected chi connectivity index (χ4v) is 4.13. The molecule has 1 aromatic carbocycles. The van der Waals surface area contributed by atoms with Crippen molar-refractivity contribution in [1.82, 2.24) is 4.48 Å². The van der Waals surface area contributed by atoms with Gasteiger partial charge >= 0.3 is 0 Å². The molecule has 170 valence electrons. The van der Waals surface area contributed by atoms with Crippen LogP contribution in [0.4, 0.5) is 5.69 Å². The monoisotopic (exact) mass is 423 g/mol. The van der Waals surface area contributed by atoms with Gasteiger partial charge < -0.3 is 12.4 Å². The standard InChI is InChI=1S/C27H50N.ClH/c1-5-6-7-8-9-10-11-12-13-14-15-16-17-18-19-20-25-28(3,4)27-23-21-26(2)22-24-27;/h21-24H,5-20,25H2,1-4H3;1H/q+1;/p-1. The van der Waals surface area contributed by atoms with Crippen molar-refractivity contribution in [2.24, 2.45) is 0 Å². The third kappa shape index (κ3) is 15.0. The first-order valence-electron chi connectivity index (χ1n) is 12.5. The lowest BCUT2D eigenvalue weighted by molar-refractivity contribution is -0.00000634. The molecule has 0 spiro atoms. The van der Waals surface area contributed by atoms with Gasteiger partial charge in [-0.3, -0.25) is 4.48 Å². The van der Waals surface area contributed by atoms with Crippen LogP contribution in [0.25, 0.3) is 0 Å². The van der Waals surface area contributed by atoms with E-state index >= 15 is 0 Å². The highest BCUT2D eigenvalue weighted by molar-refractivity contribution is 5.43. The van der Waals surface area contributed by atoms with Crippen LogP contribution < -0.4 is 16.9 Å². The topological polar surface area (TPSA) is 0 Å². The van der Waals surface area contributed by atoms with Crippen LogP contribution >= 0.6 is 0 Å². The molecule has 0 amide bonds. The Balaban J connectivity index is 0.00000784. The lowest BCUT2D eigenvalue weighted by atomic mass is 10.0. The highest BCUT2D eigenvalue weighted by atomic mass is 35.5. The maximum Gasteiger partial charge on any atom is 0.132 e. The Bertz CT molecular complexity index is 466. The Morgan fingerprint density at radius 2 is 0.897 bits per heavy atom. The second-order valence-corrected chi connectivity index (χ2v) is 9.55. The van der Waals surface area contributed by atoms with Gasteiger partial charge in [0.1, 0.15) is 5.69 Å². The van der Waals surface area contributed by atoms with Gasteiger partial charge in [-0.15, -0.1) is 0 Å². The van der Waals surface area contributed by atoms with E-state index in [2.05, 4.69) is 52.2 Å². The average molecular weight is 424 g/mol. The molecule has 29 heavy (non-hydrogen) atoms. The van der Waals surface area contributed by atoms with Gasteiger partial charge in [-0.05, 0) is 31.9 Å². The molecule has 0 saturated carbocycles. The number of benzene rings is 1. The molecule has 1 aromatic rings. The van der Waals surface area contributed by atoms with Gasteiger partial charge in [0.05, 0.1) is 20.6 Å². The Morgan fingerprint density at radius 3 is 1.28 bits per heavy atom. The summed E-state index contributed by atoms with van der Waals surface area (Å²) in [6.45, 7) is 5.72. The van der Waals surface area contributed by atoms with Crippen molar-refractivity contribution < 1.29 is 12.4 Å². The Labute approximate surface area is 189 Å². The zero-order valence-electron chi connectivity index (χ0n) is 20.2. The van der Waals surface area contributed by atoms with Crippen LogP contribution in [0.5, 0.6) is 0 Å². The second kappa shape index (κ2) is 18.3. The summed E-state index contributed by atoms with van der Waals surface area (Å²) in [7, 11) is 4.69. The second-order valence-electron chi connectivity index (χ2n) is 9.55. The van der Waals surface area contributed by atoms with Gasteiger partial charge in [-0.25, -0.2) is 0 Å². The van der Waals surface area contributed by atoms with Crippen LogP contribution in [0.3, 0.4) is 0 Å². The molecule has 1 rings (SSSR count). The summed E-state index contributed by atoms with van der Waals surface area (Å²) in [5, 5.41) is 0. The molecule has 0 radical (unpaired) electrons. The fourth-order valence-electron chi connectivity index (χ4n) is 4.13. The Kier molecular flexibility index (Phi) is 17.9. The Morgan fingerprint density at radius 1 is 0.552 bits per heavy atom. The van der Waals surface area contributed by atoms with E-state index in [1.165, 1.54) is 121 Å². The average Bonchev–Trinajstić information content (AvgIpc) is 2.68. The third-order valence-electron chi connectivity index (χ3n) is 6.30. The number of nitrogens with zero attached hydrogens (tertiary/aromatic N) is 1. The molecule has 0 heterocycles. The number of halogens is 1. The molecular weight excluding hydrogens is 374 g/mol. The third-order valence-corrected chi connectivity index (χ3v) is 6.30. The van der Waals surface area contributed by atoms with E-state index in [0.717, 1.165) is 4.48 Å². The molecule has 0 fully saturated rings. The predicted octanol–water partition coefficient (Wildman–Crippen LogP) is 5.83. The first-order chi connectivity index (χ1) is 13.6. The largest absolute Gasteiger partial charge is 1.00 e. The molecular formula is C27H50ClN. The lowest BCUT2D eigenvalue weighted by Gasteiger charge is -2.29. The molecule has 0 atom stereocenters. The quantitative estimate of drug-likeness (QED) is 0.206. The zero-order chi connectivity index (χ0) is 20.5. The molecule has 0 N–H and O–H groups in total. The molecule has 0 unspecified atom stereocenters. The van der Waals surface area contributed by atoms with Crippen LogP contribution in [-0.2, 0) is 0 Å². The summed E-state index contributed by atoms with van der Waals surface area (Å²) in [5.74, 6) is 0. The summed E-state index contributed by atoms with van der Waals surface area (Å²) in [4.78, 5) is 0. The van der Waals surface area contributed by atoms with Gasteiger partial charge in [0.25, 0.3) is 0 Å². The molecule has 0 aliphatic carbocycles. The van der Waals surface area contributed by atoms with E-state index in [9.17, 15) is 0 Å². The SMILES string of the molecule is CCCCCCCCCCCCCCCCCC[N+](C)(C)c1ccc(C)cc1.[Cl-]. The molecule has 0 bridgehead atoms. The number of hydrogen-bond acceptors (Lipinski definition) is 0. The van der Waals surface area contributed by atoms with Gasteiger partial charge in [-0.1, -0.05) is 115 Å². The van der Waals surface area contributed by atoms with E-state index in [-0.39, 0.29) is 12.4 Å². The fraction of sp³-hybridized carbons (Fsp3) is 0.778. The first kappa shape index (κ1) is 28.5. The van der Waals surface area contributed by atoms with Crippen molar-refractivity contribution in [2.75, 3.05) is 20.6 Å². The van der Waals surface area contributed by atoms with Crippen LogP contribution in [0.1, 0.15) is 115 Å². The molecule has 2 heteroatoms. The van der Waals surface area contributed by atoms with E-state index in [4.69, 9.17) is 0 Å². The van der Waals surface area contributed by atoms with Crippen molar-refractivity contribution in [3.05, 3.63) is 29.8 Å². The Hall–Kier alpha value is -0.530. The van der Waals surface area contributed by atoms with E-state index in [1.54, 1.807) is 0 Å². The summed E-state index contributed by atoms with van der Waals surface area (Å²) >= 11 is 0. The molecule has 0 saturated heterocycles.